The normalized spacial score (nSPS) is 14.3. The summed E-state index contributed by atoms with van der Waals surface area (Å²) in [7, 11) is 0. The van der Waals surface area contributed by atoms with Crippen molar-refractivity contribution < 1.29 is 9.59 Å². The third-order valence-electron chi connectivity index (χ3n) is 2.15. The van der Waals surface area contributed by atoms with E-state index in [0.717, 1.165) is 12.8 Å². The van der Waals surface area contributed by atoms with Crippen LogP contribution in [0.4, 0.5) is 0 Å². The van der Waals surface area contributed by atoms with Gasteiger partial charge in [0.05, 0.1) is 12.1 Å². The fourth-order valence-electron chi connectivity index (χ4n) is 1.07. The summed E-state index contributed by atoms with van der Waals surface area (Å²) in [5.41, 5.74) is 5.07. The van der Waals surface area contributed by atoms with Crippen LogP contribution in [-0.2, 0) is 9.59 Å². The van der Waals surface area contributed by atoms with Crippen LogP contribution in [0.2, 0.25) is 0 Å². The minimum atomic E-state index is -0.489. The average molecular weight is 215 g/mol. The first-order valence-corrected chi connectivity index (χ1v) is 5.32. The molecule has 4 N–H and O–H groups in total. The average Bonchev–Trinajstić information content (AvgIpc) is 2.17. The van der Waals surface area contributed by atoms with Gasteiger partial charge in [-0.15, -0.1) is 0 Å². The molecule has 2 unspecified atom stereocenters. The first-order valence-electron chi connectivity index (χ1n) is 5.32. The fraction of sp³-hybridized carbons (Fsp3) is 0.800. The molecule has 0 aliphatic rings. The number of nitrogens with one attached hydrogen (secondary N) is 2. The van der Waals surface area contributed by atoms with E-state index in [1.165, 1.54) is 0 Å². The second-order valence-corrected chi connectivity index (χ2v) is 3.66. The van der Waals surface area contributed by atoms with Crippen molar-refractivity contribution in [1.29, 1.82) is 0 Å². The molecule has 0 spiro atoms. The van der Waals surface area contributed by atoms with E-state index in [1.807, 2.05) is 0 Å². The van der Waals surface area contributed by atoms with Crippen LogP contribution in [-0.4, -0.2) is 30.4 Å². The Balaban J connectivity index is 3.83. The first kappa shape index (κ1) is 13.9. The zero-order chi connectivity index (χ0) is 11.8. The summed E-state index contributed by atoms with van der Waals surface area (Å²) in [5, 5.41) is 5.59. The van der Waals surface area contributed by atoms with Gasteiger partial charge in [0.25, 0.3) is 0 Å². The Bertz CT molecular complexity index is 219. The van der Waals surface area contributed by atoms with Crippen LogP contribution in [0, 0.1) is 0 Å². The quantitative estimate of drug-likeness (QED) is 0.512. The molecule has 0 fully saturated rings. The maximum Gasteiger partial charge on any atom is 0.236 e. The standard InChI is InChI=1S/C10H21N3O2/c1-4-5-6-12-10(15)8(3)13-7(2)9(11)14/h7-8,13H,4-6H2,1-3H3,(H2,11,14)(H,12,15). The molecule has 0 aromatic rings. The van der Waals surface area contributed by atoms with E-state index < -0.39 is 18.0 Å². The van der Waals surface area contributed by atoms with Crippen LogP contribution >= 0.6 is 0 Å². The van der Waals surface area contributed by atoms with Crippen molar-refractivity contribution in [3.8, 4) is 0 Å². The lowest BCUT2D eigenvalue weighted by Crippen LogP contribution is -2.50. The maximum absolute atomic E-state index is 11.5. The largest absolute Gasteiger partial charge is 0.368 e. The van der Waals surface area contributed by atoms with Gasteiger partial charge >= 0.3 is 0 Å². The van der Waals surface area contributed by atoms with Gasteiger partial charge in [-0.05, 0) is 20.3 Å². The van der Waals surface area contributed by atoms with E-state index in [9.17, 15) is 9.59 Å². The number of rotatable bonds is 7. The Morgan fingerprint density at radius 2 is 1.87 bits per heavy atom. The molecule has 0 saturated heterocycles. The van der Waals surface area contributed by atoms with Crippen LogP contribution in [0.1, 0.15) is 33.6 Å². The topological polar surface area (TPSA) is 84.2 Å². The Labute approximate surface area is 90.8 Å². The zero-order valence-electron chi connectivity index (χ0n) is 9.67. The van der Waals surface area contributed by atoms with Gasteiger partial charge in [-0.1, -0.05) is 13.3 Å². The highest BCUT2D eigenvalue weighted by Crippen LogP contribution is 1.89. The molecule has 0 aromatic carbocycles. The smallest absolute Gasteiger partial charge is 0.236 e. The van der Waals surface area contributed by atoms with E-state index in [0.29, 0.717) is 6.54 Å². The van der Waals surface area contributed by atoms with Gasteiger partial charge < -0.3 is 11.1 Å². The van der Waals surface area contributed by atoms with Gasteiger partial charge in [0.1, 0.15) is 0 Å². The monoisotopic (exact) mass is 215 g/mol. The summed E-state index contributed by atoms with van der Waals surface area (Å²) in [6.07, 6.45) is 2.00. The molecular weight excluding hydrogens is 194 g/mol. The van der Waals surface area contributed by atoms with Crippen molar-refractivity contribution >= 4 is 11.8 Å². The van der Waals surface area contributed by atoms with E-state index in [4.69, 9.17) is 5.73 Å². The molecule has 0 heterocycles. The summed E-state index contributed by atoms with van der Waals surface area (Å²) in [6.45, 7) is 6.08. The van der Waals surface area contributed by atoms with E-state index in [1.54, 1.807) is 13.8 Å². The second-order valence-electron chi connectivity index (χ2n) is 3.66. The fourth-order valence-corrected chi connectivity index (χ4v) is 1.07. The predicted molar refractivity (Wildman–Crippen MR) is 59.2 cm³/mol. The Morgan fingerprint density at radius 3 is 2.33 bits per heavy atom. The highest BCUT2D eigenvalue weighted by atomic mass is 16.2. The third kappa shape index (κ3) is 6.06. The number of carbonyl (C=O) groups is 2. The molecular formula is C10H21N3O2. The number of primary amides is 1. The molecule has 0 rings (SSSR count). The van der Waals surface area contributed by atoms with Crippen molar-refractivity contribution in [2.45, 2.75) is 45.7 Å². The number of nitrogens with two attached hydrogens (primary N) is 1. The molecule has 0 radical (unpaired) electrons. The lowest BCUT2D eigenvalue weighted by atomic mass is 10.2. The summed E-state index contributed by atoms with van der Waals surface area (Å²) in [4.78, 5) is 22.2. The Kier molecular flexibility index (Phi) is 6.70. The minimum absolute atomic E-state index is 0.100. The molecule has 0 aromatic heterocycles. The lowest BCUT2D eigenvalue weighted by molar-refractivity contribution is -0.123. The van der Waals surface area contributed by atoms with Gasteiger partial charge in [0.2, 0.25) is 11.8 Å². The van der Waals surface area contributed by atoms with Crippen molar-refractivity contribution in [1.82, 2.24) is 10.6 Å². The molecule has 0 saturated carbocycles. The minimum Gasteiger partial charge on any atom is -0.368 e. The predicted octanol–water partition coefficient (Wildman–Crippen LogP) is -0.245. The highest BCUT2D eigenvalue weighted by Gasteiger charge is 2.17. The SMILES string of the molecule is CCCCNC(=O)C(C)NC(C)C(N)=O. The van der Waals surface area contributed by atoms with E-state index in [2.05, 4.69) is 17.6 Å². The van der Waals surface area contributed by atoms with E-state index in [-0.39, 0.29) is 5.91 Å². The molecule has 0 aliphatic carbocycles. The summed E-state index contributed by atoms with van der Waals surface area (Å²) in [5.74, 6) is -0.556. The zero-order valence-corrected chi connectivity index (χ0v) is 9.67. The van der Waals surface area contributed by atoms with Crippen molar-refractivity contribution in [2.24, 2.45) is 5.73 Å². The van der Waals surface area contributed by atoms with Gasteiger partial charge in [-0.25, -0.2) is 0 Å². The molecule has 0 bridgehead atoms. The van der Waals surface area contributed by atoms with Crippen molar-refractivity contribution in [2.75, 3.05) is 6.54 Å². The van der Waals surface area contributed by atoms with Crippen LogP contribution in [0.15, 0.2) is 0 Å². The van der Waals surface area contributed by atoms with Crippen LogP contribution in [0.25, 0.3) is 0 Å². The third-order valence-corrected chi connectivity index (χ3v) is 2.15. The van der Waals surface area contributed by atoms with Crippen molar-refractivity contribution in [3.05, 3.63) is 0 Å². The molecule has 0 aliphatic heterocycles. The Hall–Kier alpha value is -1.10. The van der Waals surface area contributed by atoms with Gasteiger partial charge in [0.15, 0.2) is 0 Å². The lowest BCUT2D eigenvalue weighted by Gasteiger charge is -2.17. The molecule has 5 nitrogen and oxygen atoms in total. The Morgan fingerprint density at radius 1 is 1.27 bits per heavy atom. The first-order chi connectivity index (χ1) is 6.99. The van der Waals surface area contributed by atoms with Crippen LogP contribution < -0.4 is 16.4 Å². The van der Waals surface area contributed by atoms with Crippen LogP contribution in [0.3, 0.4) is 0 Å². The number of hydrogen-bond acceptors (Lipinski definition) is 3. The van der Waals surface area contributed by atoms with Gasteiger partial charge in [-0.2, -0.15) is 0 Å². The van der Waals surface area contributed by atoms with Crippen LogP contribution in [0.5, 0.6) is 0 Å². The molecule has 15 heavy (non-hydrogen) atoms. The second kappa shape index (κ2) is 7.23. The number of hydrogen-bond donors (Lipinski definition) is 3. The van der Waals surface area contributed by atoms with Crippen molar-refractivity contribution in [3.63, 3.8) is 0 Å². The van der Waals surface area contributed by atoms with E-state index >= 15 is 0 Å². The molecule has 2 atom stereocenters. The summed E-state index contributed by atoms with van der Waals surface area (Å²) in [6, 6.07) is -0.888. The highest BCUT2D eigenvalue weighted by molar-refractivity contribution is 5.83. The number of unbranched alkanes of at least 4 members (excludes halogenated alkanes) is 1. The summed E-state index contributed by atoms with van der Waals surface area (Å²) < 4.78 is 0. The maximum atomic E-state index is 11.5. The number of amides is 2. The van der Waals surface area contributed by atoms with Gasteiger partial charge in [0, 0.05) is 6.54 Å². The van der Waals surface area contributed by atoms with Gasteiger partial charge in [-0.3, -0.25) is 14.9 Å². The number of carbonyl (C=O) groups excluding carboxylic acids is 2. The summed E-state index contributed by atoms with van der Waals surface area (Å²) >= 11 is 0. The molecule has 2 amide bonds. The molecule has 88 valence electrons. The molecule has 5 heteroatoms.